The third-order valence-corrected chi connectivity index (χ3v) is 5.32. The van der Waals surface area contributed by atoms with Gasteiger partial charge in [-0.25, -0.2) is 0 Å². The van der Waals surface area contributed by atoms with Gasteiger partial charge >= 0.3 is 0 Å². The minimum absolute atomic E-state index is 0.196. The number of nitrogens with one attached hydrogen (secondary N) is 2. The van der Waals surface area contributed by atoms with Gasteiger partial charge in [0.05, 0.1) is 24.4 Å². The summed E-state index contributed by atoms with van der Waals surface area (Å²) in [7, 11) is 0. The third-order valence-electron chi connectivity index (χ3n) is 5.32. The quantitative estimate of drug-likeness (QED) is 0.514. The van der Waals surface area contributed by atoms with Crippen LogP contribution >= 0.6 is 0 Å². The number of hydrogen-bond donors (Lipinski definition) is 2. The van der Waals surface area contributed by atoms with Crippen LogP contribution in [-0.2, 0) is 14.4 Å². The van der Waals surface area contributed by atoms with E-state index in [2.05, 4.69) is 10.6 Å². The lowest BCUT2D eigenvalue weighted by Gasteiger charge is -2.35. The summed E-state index contributed by atoms with van der Waals surface area (Å²) in [6, 6.07) is 22.4. The van der Waals surface area contributed by atoms with Crippen molar-refractivity contribution in [1.82, 2.24) is 0 Å². The number of rotatable bonds is 7. The number of carbonyl (C=O) groups excluding carboxylic acids is 3. The first-order valence-electron chi connectivity index (χ1n) is 11.0. The van der Waals surface area contributed by atoms with Gasteiger partial charge in [0.1, 0.15) is 11.8 Å². The van der Waals surface area contributed by atoms with E-state index in [9.17, 15) is 14.4 Å². The normalized spacial score (nSPS) is 14.9. The van der Waals surface area contributed by atoms with Gasteiger partial charge in [-0.05, 0) is 55.0 Å². The summed E-state index contributed by atoms with van der Waals surface area (Å²) in [5.41, 5.74) is 2.50. The van der Waals surface area contributed by atoms with Gasteiger partial charge in [0.15, 0.2) is 0 Å². The highest BCUT2D eigenvalue weighted by atomic mass is 16.5. The van der Waals surface area contributed by atoms with Gasteiger partial charge < -0.3 is 15.4 Å². The molecule has 0 bridgehead atoms. The minimum Gasteiger partial charge on any atom is -0.494 e. The van der Waals surface area contributed by atoms with E-state index in [-0.39, 0.29) is 18.2 Å². The van der Waals surface area contributed by atoms with Crippen molar-refractivity contribution in [3.05, 3.63) is 90.5 Å². The Morgan fingerprint density at radius 1 is 1.00 bits per heavy atom. The van der Waals surface area contributed by atoms with Gasteiger partial charge in [-0.3, -0.25) is 19.3 Å². The van der Waals surface area contributed by atoms with Crippen molar-refractivity contribution in [2.45, 2.75) is 19.4 Å². The van der Waals surface area contributed by atoms with Crippen LogP contribution in [0.1, 0.15) is 18.9 Å². The second-order valence-corrected chi connectivity index (χ2v) is 7.68. The molecule has 1 aliphatic heterocycles. The van der Waals surface area contributed by atoms with Gasteiger partial charge in [-0.1, -0.05) is 42.5 Å². The summed E-state index contributed by atoms with van der Waals surface area (Å²) >= 11 is 0. The number of amides is 3. The van der Waals surface area contributed by atoms with Gasteiger partial charge in [0, 0.05) is 11.8 Å². The number of carbonyl (C=O) groups is 3. The van der Waals surface area contributed by atoms with E-state index in [1.807, 2.05) is 37.3 Å². The van der Waals surface area contributed by atoms with Gasteiger partial charge in [-0.15, -0.1) is 0 Å². The summed E-state index contributed by atoms with van der Waals surface area (Å²) in [5.74, 6) is -0.480. The fourth-order valence-corrected chi connectivity index (χ4v) is 3.75. The standard InChI is InChI=1S/C27H25N3O4/c1-2-34-21-15-13-20(14-16-21)28-25(31)18-24-27(33)29-22-10-6-7-11-23(22)30(24)26(32)17-12-19-8-4-3-5-9-19/h3-17,24H,2,18H2,1H3,(H,28,31)(H,29,33). The van der Waals surface area contributed by atoms with Crippen LogP contribution in [0, 0.1) is 0 Å². The molecular weight excluding hydrogens is 430 g/mol. The molecule has 1 heterocycles. The molecule has 0 fully saturated rings. The number of hydrogen-bond acceptors (Lipinski definition) is 4. The molecule has 0 aromatic heterocycles. The van der Waals surface area contributed by atoms with Crippen LogP contribution < -0.4 is 20.3 Å². The van der Waals surface area contributed by atoms with Gasteiger partial charge in [0.2, 0.25) is 11.8 Å². The van der Waals surface area contributed by atoms with Crippen molar-refractivity contribution < 1.29 is 19.1 Å². The largest absolute Gasteiger partial charge is 0.494 e. The maximum absolute atomic E-state index is 13.2. The first-order valence-corrected chi connectivity index (χ1v) is 11.0. The molecule has 0 saturated carbocycles. The first kappa shape index (κ1) is 22.8. The lowest BCUT2D eigenvalue weighted by atomic mass is 10.0. The maximum Gasteiger partial charge on any atom is 0.251 e. The van der Waals surface area contributed by atoms with E-state index in [1.54, 1.807) is 54.6 Å². The molecule has 0 spiro atoms. The highest BCUT2D eigenvalue weighted by Gasteiger charge is 2.37. The van der Waals surface area contributed by atoms with Crippen molar-refractivity contribution in [1.29, 1.82) is 0 Å². The van der Waals surface area contributed by atoms with Crippen molar-refractivity contribution >= 4 is 40.9 Å². The Morgan fingerprint density at radius 3 is 2.44 bits per heavy atom. The van der Waals surface area contributed by atoms with Crippen LogP contribution in [0.3, 0.4) is 0 Å². The predicted octanol–water partition coefficient (Wildman–Crippen LogP) is 4.48. The first-order chi connectivity index (χ1) is 16.5. The summed E-state index contributed by atoms with van der Waals surface area (Å²) in [6.45, 7) is 2.44. The van der Waals surface area contributed by atoms with Crippen molar-refractivity contribution in [2.24, 2.45) is 0 Å². The van der Waals surface area contributed by atoms with Crippen molar-refractivity contribution in [3.63, 3.8) is 0 Å². The highest BCUT2D eigenvalue weighted by Crippen LogP contribution is 2.33. The van der Waals surface area contributed by atoms with Crippen LogP contribution in [0.25, 0.3) is 6.08 Å². The van der Waals surface area contributed by atoms with E-state index in [0.29, 0.717) is 29.4 Å². The zero-order valence-corrected chi connectivity index (χ0v) is 18.7. The summed E-state index contributed by atoms with van der Waals surface area (Å²) in [4.78, 5) is 40.4. The van der Waals surface area contributed by atoms with E-state index < -0.39 is 11.9 Å². The molecule has 1 unspecified atom stereocenters. The zero-order valence-electron chi connectivity index (χ0n) is 18.7. The maximum atomic E-state index is 13.2. The van der Waals surface area contributed by atoms with E-state index in [1.165, 1.54) is 11.0 Å². The van der Waals surface area contributed by atoms with Crippen molar-refractivity contribution in [3.8, 4) is 5.75 Å². The van der Waals surface area contributed by atoms with Crippen LogP contribution in [0.15, 0.2) is 84.9 Å². The Labute approximate surface area is 198 Å². The number of ether oxygens (including phenoxy) is 1. The average molecular weight is 456 g/mol. The molecule has 2 N–H and O–H groups in total. The molecular formula is C27H25N3O4. The Morgan fingerprint density at radius 2 is 1.71 bits per heavy atom. The molecule has 172 valence electrons. The van der Waals surface area contributed by atoms with Crippen LogP contribution in [-0.4, -0.2) is 30.4 Å². The molecule has 0 saturated heterocycles. The number of para-hydroxylation sites is 2. The smallest absolute Gasteiger partial charge is 0.251 e. The van der Waals surface area contributed by atoms with Crippen LogP contribution in [0.4, 0.5) is 17.1 Å². The predicted molar refractivity (Wildman–Crippen MR) is 133 cm³/mol. The third kappa shape index (κ3) is 5.32. The lowest BCUT2D eigenvalue weighted by Crippen LogP contribution is -2.52. The van der Waals surface area contributed by atoms with E-state index in [4.69, 9.17) is 4.74 Å². The van der Waals surface area contributed by atoms with Crippen LogP contribution in [0.5, 0.6) is 5.75 Å². The number of anilines is 3. The fraction of sp³-hybridized carbons (Fsp3) is 0.148. The van der Waals surface area contributed by atoms with Crippen LogP contribution in [0.2, 0.25) is 0 Å². The molecule has 3 amide bonds. The molecule has 4 rings (SSSR count). The summed E-state index contributed by atoms with van der Waals surface area (Å²) < 4.78 is 5.41. The summed E-state index contributed by atoms with van der Waals surface area (Å²) in [5, 5.41) is 5.60. The topological polar surface area (TPSA) is 87.7 Å². The Kier molecular flexibility index (Phi) is 7.03. The second-order valence-electron chi connectivity index (χ2n) is 7.68. The van der Waals surface area contributed by atoms with E-state index >= 15 is 0 Å². The Bertz CT molecular complexity index is 1210. The molecule has 7 nitrogen and oxygen atoms in total. The molecule has 3 aromatic rings. The number of benzene rings is 3. The van der Waals surface area contributed by atoms with Gasteiger partial charge in [-0.2, -0.15) is 0 Å². The highest BCUT2D eigenvalue weighted by molar-refractivity contribution is 6.16. The summed E-state index contributed by atoms with van der Waals surface area (Å²) in [6.07, 6.45) is 2.91. The SMILES string of the molecule is CCOc1ccc(NC(=O)CC2C(=O)Nc3ccccc3N2C(=O)C=Cc2ccccc2)cc1. The molecule has 1 aliphatic rings. The Balaban J connectivity index is 1.55. The molecule has 0 aliphatic carbocycles. The lowest BCUT2D eigenvalue weighted by molar-refractivity contribution is -0.124. The van der Waals surface area contributed by atoms with Gasteiger partial charge in [0.25, 0.3) is 5.91 Å². The monoisotopic (exact) mass is 455 g/mol. The minimum atomic E-state index is -0.995. The average Bonchev–Trinajstić information content (AvgIpc) is 2.85. The zero-order chi connectivity index (χ0) is 23.9. The van der Waals surface area contributed by atoms with Crippen molar-refractivity contribution in [2.75, 3.05) is 22.1 Å². The molecule has 0 radical (unpaired) electrons. The molecule has 34 heavy (non-hydrogen) atoms. The molecule has 7 heteroatoms. The molecule has 3 aromatic carbocycles. The fourth-order valence-electron chi connectivity index (χ4n) is 3.75. The van der Waals surface area contributed by atoms with E-state index in [0.717, 1.165) is 5.56 Å². The number of fused-ring (bicyclic) bond motifs is 1. The second kappa shape index (κ2) is 10.5. The Hall–Kier alpha value is -4.39. The number of nitrogens with zero attached hydrogens (tertiary/aromatic N) is 1. The molecule has 1 atom stereocenters.